The second-order valence-corrected chi connectivity index (χ2v) is 11.3. The maximum absolute atomic E-state index is 13.9. The summed E-state index contributed by atoms with van der Waals surface area (Å²) in [5.74, 6) is 4.59. The van der Waals surface area contributed by atoms with E-state index in [-0.39, 0.29) is 18.1 Å². The Balaban J connectivity index is 0.00000353. The fraction of sp³-hybridized carbons (Fsp3) is 0.138. The topological polar surface area (TPSA) is 90.3 Å². The molecule has 3 aromatic carbocycles. The molecular formula is C29H28ClN4O4P. The predicted octanol–water partition coefficient (Wildman–Crippen LogP) is 3.02. The summed E-state index contributed by atoms with van der Waals surface area (Å²) in [6.07, 6.45) is 6.74. The van der Waals surface area contributed by atoms with Crippen molar-refractivity contribution in [1.29, 1.82) is 0 Å². The van der Waals surface area contributed by atoms with E-state index in [1.54, 1.807) is 23.8 Å². The summed E-state index contributed by atoms with van der Waals surface area (Å²) in [7, 11) is -2.99. The van der Waals surface area contributed by atoms with Crippen molar-refractivity contribution in [3.8, 4) is 0 Å². The quantitative estimate of drug-likeness (QED) is 0.106. The van der Waals surface area contributed by atoms with Gasteiger partial charge in [-0.1, -0.05) is 60.7 Å². The van der Waals surface area contributed by atoms with Crippen LogP contribution in [0.4, 0.5) is 5.69 Å². The maximum Gasteiger partial charge on any atom is 0.269 e. The van der Waals surface area contributed by atoms with Crippen molar-refractivity contribution < 1.29 is 31.2 Å². The van der Waals surface area contributed by atoms with Crippen molar-refractivity contribution in [1.82, 2.24) is 9.65 Å². The van der Waals surface area contributed by atoms with Gasteiger partial charge in [0.05, 0.1) is 11.5 Å². The van der Waals surface area contributed by atoms with Gasteiger partial charge in [0.15, 0.2) is 7.29 Å². The van der Waals surface area contributed by atoms with Crippen molar-refractivity contribution in [2.75, 3.05) is 6.54 Å². The molecule has 8 nitrogen and oxygen atoms in total. The number of hydrogen-bond donors (Lipinski definition) is 1. The average Bonchev–Trinajstić information content (AvgIpc) is 3.39. The molecule has 0 bridgehead atoms. The van der Waals surface area contributed by atoms with Crippen molar-refractivity contribution >= 4 is 24.5 Å². The number of halogens is 1. The minimum atomic E-state index is -2.99. The molecule has 0 amide bonds. The van der Waals surface area contributed by atoms with E-state index in [2.05, 4.69) is 9.65 Å². The molecule has 200 valence electrons. The molecule has 0 radical (unpaired) electrons. The van der Waals surface area contributed by atoms with Crippen molar-refractivity contribution in [2.45, 2.75) is 19.5 Å². The van der Waals surface area contributed by atoms with Gasteiger partial charge in [-0.15, -0.1) is 0 Å². The molecule has 1 N–H and O–H groups in total. The number of imidazole rings is 1. The minimum absolute atomic E-state index is 0. The summed E-state index contributed by atoms with van der Waals surface area (Å²) in [5, 5.41) is 14.1. The van der Waals surface area contributed by atoms with Crippen molar-refractivity contribution in [2.24, 2.45) is 0 Å². The summed E-state index contributed by atoms with van der Waals surface area (Å²) in [6, 6.07) is 26.0. The Morgan fingerprint density at radius 1 is 0.897 bits per heavy atom. The largest absolute Gasteiger partial charge is 1.00 e. The number of hydrogen-bond acceptors (Lipinski definition) is 4. The molecule has 1 aliphatic heterocycles. The monoisotopic (exact) mass is 562 g/mol. The second-order valence-electron chi connectivity index (χ2n) is 9.04. The van der Waals surface area contributed by atoms with Gasteiger partial charge in [-0.05, 0) is 24.1 Å². The minimum Gasteiger partial charge on any atom is -1.00 e. The molecule has 2 heterocycles. The zero-order valence-corrected chi connectivity index (χ0v) is 22.7. The molecule has 0 saturated heterocycles. The van der Waals surface area contributed by atoms with Gasteiger partial charge in [0.25, 0.3) is 5.69 Å². The summed E-state index contributed by atoms with van der Waals surface area (Å²) in [4.78, 5) is 10.4. The lowest BCUT2D eigenvalue weighted by molar-refractivity contribution is -0.687. The first-order valence-electron chi connectivity index (χ1n) is 12.3. The average molecular weight is 563 g/mol. The lowest BCUT2D eigenvalue weighted by Gasteiger charge is -2.23. The Morgan fingerprint density at radius 3 is 2.05 bits per heavy atom. The van der Waals surface area contributed by atoms with E-state index in [0.29, 0.717) is 24.6 Å². The Morgan fingerprint density at radius 2 is 1.49 bits per heavy atom. The van der Waals surface area contributed by atoms with Gasteiger partial charge >= 0.3 is 0 Å². The van der Waals surface area contributed by atoms with Crippen LogP contribution in [0, 0.1) is 10.1 Å². The molecular weight excluding hydrogens is 535 g/mol. The fourth-order valence-corrected chi connectivity index (χ4v) is 6.10. The van der Waals surface area contributed by atoms with Crippen molar-refractivity contribution in [3.63, 3.8) is 0 Å². The number of aryl methyl sites for hydroxylation is 1. The van der Waals surface area contributed by atoms with Crippen molar-refractivity contribution in [3.05, 3.63) is 142 Å². The smallest absolute Gasteiger partial charge is 0.269 e. The molecule has 0 atom stereocenters. The van der Waals surface area contributed by atoms with Crippen LogP contribution in [0.5, 0.6) is 0 Å². The van der Waals surface area contributed by atoms with E-state index in [1.807, 2.05) is 84.0 Å². The Kier molecular flexibility index (Phi) is 9.15. The van der Waals surface area contributed by atoms with Crippen LogP contribution in [0.3, 0.4) is 0 Å². The van der Waals surface area contributed by atoms with Gasteiger partial charge in [0.2, 0.25) is 6.33 Å². The van der Waals surface area contributed by atoms with Crippen LogP contribution in [0.2, 0.25) is 0 Å². The molecule has 10 heteroatoms. The number of rotatable bonds is 10. The lowest BCUT2D eigenvalue weighted by atomic mass is 10.2. The SMILES string of the molecule is O=[N+]([O-])c1ccc(C[n+]2ccn(CCCNP3(=O)C=C(c4ccccc4)OC(c4ccccc4)=C3)c2)cc1.[Cl-]. The highest BCUT2D eigenvalue weighted by molar-refractivity contribution is 7.68. The highest BCUT2D eigenvalue weighted by atomic mass is 35.5. The number of nitrogens with zero attached hydrogens (tertiary/aromatic N) is 3. The predicted molar refractivity (Wildman–Crippen MR) is 147 cm³/mol. The third kappa shape index (κ3) is 7.33. The van der Waals surface area contributed by atoms with Gasteiger partial charge in [0.1, 0.15) is 30.5 Å². The van der Waals surface area contributed by atoms with Gasteiger partial charge in [0, 0.05) is 41.4 Å². The highest BCUT2D eigenvalue weighted by Gasteiger charge is 2.26. The molecule has 0 unspecified atom stereocenters. The second kappa shape index (κ2) is 12.7. The normalized spacial score (nSPS) is 13.9. The standard InChI is InChI=1S/C29H28N4O4P.ClH/c34-33(35)27-14-12-24(13-15-27)20-32-19-18-31(23-32)17-7-16-30-38(36)21-28(25-8-3-1-4-9-25)37-29(22-38)26-10-5-2-6-11-26;/h1-6,8-15,18-19,21-23H,7,16-17,20H2,(H,30,36);1H/q+1;/p-1. The van der Waals surface area contributed by atoms with E-state index in [9.17, 15) is 14.7 Å². The van der Waals surface area contributed by atoms with Crippen LogP contribution < -0.4 is 22.1 Å². The summed E-state index contributed by atoms with van der Waals surface area (Å²) < 4.78 is 24.2. The van der Waals surface area contributed by atoms with E-state index in [1.165, 1.54) is 12.1 Å². The number of nitro benzene ring substituents is 1. The van der Waals surface area contributed by atoms with Crippen LogP contribution in [0.1, 0.15) is 23.1 Å². The third-order valence-electron chi connectivity index (χ3n) is 6.17. The molecule has 5 rings (SSSR count). The van der Waals surface area contributed by atoms with Gasteiger partial charge in [-0.2, -0.15) is 0 Å². The Bertz CT molecular complexity index is 1460. The first kappa shape index (κ1) is 28.0. The number of aromatic nitrogens is 2. The Hall–Kier alpha value is -3.97. The zero-order valence-electron chi connectivity index (χ0n) is 21.1. The van der Waals surface area contributed by atoms with Crippen LogP contribution in [0.15, 0.2) is 115 Å². The van der Waals surface area contributed by atoms with E-state index in [4.69, 9.17) is 4.74 Å². The number of ether oxygens (including phenoxy) is 1. The third-order valence-corrected chi connectivity index (χ3v) is 8.12. The molecule has 0 saturated carbocycles. The Labute approximate surface area is 233 Å². The maximum atomic E-state index is 13.9. The number of nitro groups is 1. The van der Waals surface area contributed by atoms with E-state index >= 15 is 0 Å². The molecule has 1 aliphatic rings. The zero-order chi connectivity index (χ0) is 26.4. The van der Waals surface area contributed by atoms with E-state index in [0.717, 1.165) is 29.7 Å². The molecule has 39 heavy (non-hydrogen) atoms. The molecule has 0 spiro atoms. The summed E-state index contributed by atoms with van der Waals surface area (Å²) in [6.45, 7) is 1.94. The number of nitrogens with one attached hydrogen (secondary N) is 1. The van der Waals surface area contributed by atoms with Crippen LogP contribution in [-0.2, 0) is 22.4 Å². The van der Waals surface area contributed by atoms with Crippen LogP contribution in [-0.4, -0.2) is 16.0 Å². The highest BCUT2D eigenvalue weighted by Crippen LogP contribution is 2.53. The number of benzene rings is 3. The fourth-order valence-electron chi connectivity index (χ4n) is 4.23. The van der Waals surface area contributed by atoms with Crippen LogP contribution in [0.25, 0.3) is 11.5 Å². The number of non-ortho nitro benzene ring substituents is 1. The van der Waals surface area contributed by atoms with Gasteiger partial charge in [-0.25, -0.2) is 9.13 Å². The summed E-state index contributed by atoms with van der Waals surface area (Å²) >= 11 is 0. The first-order valence-corrected chi connectivity index (χ1v) is 14.2. The molecule has 1 aromatic heterocycles. The summed E-state index contributed by atoms with van der Waals surface area (Å²) in [5.41, 5.74) is 2.82. The van der Waals surface area contributed by atoms with E-state index < -0.39 is 12.2 Å². The molecule has 4 aromatic rings. The van der Waals surface area contributed by atoms with Gasteiger partial charge < -0.3 is 17.1 Å². The first-order chi connectivity index (χ1) is 18.5. The van der Waals surface area contributed by atoms with Gasteiger partial charge in [-0.3, -0.25) is 19.8 Å². The lowest BCUT2D eigenvalue weighted by Crippen LogP contribution is -3.00. The molecule has 0 aliphatic carbocycles. The van der Waals surface area contributed by atoms with Crippen LogP contribution >= 0.6 is 7.29 Å². The molecule has 0 fully saturated rings.